The molecule has 0 aromatic carbocycles. The molecule has 0 amide bonds. The summed E-state index contributed by atoms with van der Waals surface area (Å²) in [7, 11) is 0. The molecule has 5 heteroatoms. The lowest BCUT2D eigenvalue weighted by Crippen LogP contribution is -2.04. The van der Waals surface area contributed by atoms with E-state index in [4.69, 9.17) is 10.8 Å². The van der Waals surface area contributed by atoms with Gasteiger partial charge in [-0.3, -0.25) is 0 Å². The van der Waals surface area contributed by atoms with Crippen molar-refractivity contribution in [2.75, 3.05) is 5.73 Å². The van der Waals surface area contributed by atoms with Gasteiger partial charge >= 0.3 is 5.97 Å². The van der Waals surface area contributed by atoms with Crippen molar-refractivity contribution in [3.05, 3.63) is 21.8 Å². The van der Waals surface area contributed by atoms with Crippen LogP contribution >= 0.6 is 15.9 Å². The van der Waals surface area contributed by atoms with E-state index in [1.54, 1.807) is 6.92 Å². The van der Waals surface area contributed by atoms with Gasteiger partial charge in [-0.05, 0) is 28.9 Å². The van der Waals surface area contributed by atoms with Gasteiger partial charge in [0.05, 0.1) is 15.7 Å². The van der Waals surface area contributed by atoms with E-state index in [0.29, 0.717) is 16.0 Å². The van der Waals surface area contributed by atoms with E-state index in [9.17, 15) is 4.79 Å². The Bertz CT molecular complexity index is 338. The number of halogens is 1. The molecule has 0 fully saturated rings. The summed E-state index contributed by atoms with van der Waals surface area (Å²) >= 11 is 3.10. The van der Waals surface area contributed by atoms with Crippen molar-refractivity contribution in [3.8, 4) is 0 Å². The molecule has 12 heavy (non-hydrogen) atoms. The van der Waals surface area contributed by atoms with E-state index in [1.807, 2.05) is 0 Å². The lowest BCUT2D eigenvalue weighted by atomic mass is 10.2. The van der Waals surface area contributed by atoms with Gasteiger partial charge in [0.1, 0.15) is 5.82 Å². The van der Waals surface area contributed by atoms with Crippen LogP contribution in [0.1, 0.15) is 16.1 Å². The van der Waals surface area contributed by atoms with Crippen LogP contribution in [0.4, 0.5) is 5.82 Å². The fraction of sp³-hybridized carbons (Fsp3) is 0.143. The smallest absolute Gasteiger partial charge is 0.337 e. The molecule has 0 atom stereocenters. The van der Waals surface area contributed by atoms with Gasteiger partial charge < -0.3 is 10.8 Å². The molecule has 0 radical (unpaired) electrons. The Morgan fingerprint density at radius 2 is 2.33 bits per heavy atom. The van der Waals surface area contributed by atoms with Gasteiger partial charge in [-0.25, -0.2) is 9.78 Å². The number of aryl methyl sites for hydroxylation is 1. The van der Waals surface area contributed by atoms with E-state index in [0.717, 1.165) is 0 Å². The number of anilines is 1. The highest BCUT2D eigenvalue weighted by Crippen LogP contribution is 2.20. The fourth-order valence-corrected chi connectivity index (χ4v) is 1.13. The lowest BCUT2D eigenvalue weighted by molar-refractivity contribution is 0.0695. The number of carbonyl (C=O) groups is 1. The Labute approximate surface area is 77.5 Å². The number of rotatable bonds is 1. The molecular weight excluding hydrogens is 224 g/mol. The van der Waals surface area contributed by atoms with Gasteiger partial charge in [0.15, 0.2) is 0 Å². The first-order valence-corrected chi connectivity index (χ1v) is 3.97. The minimum absolute atomic E-state index is 0.163. The normalized spacial score (nSPS) is 9.83. The predicted molar refractivity (Wildman–Crippen MR) is 48.0 cm³/mol. The molecule has 0 aliphatic heterocycles. The number of carboxylic acid groups (broad SMARTS) is 1. The van der Waals surface area contributed by atoms with Crippen molar-refractivity contribution in [3.63, 3.8) is 0 Å². The zero-order valence-electron chi connectivity index (χ0n) is 6.34. The van der Waals surface area contributed by atoms with Crippen LogP contribution in [0.25, 0.3) is 0 Å². The molecule has 0 unspecified atom stereocenters. The molecular formula is C7H7BrN2O2. The minimum atomic E-state index is -0.999. The Morgan fingerprint density at radius 1 is 1.75 bits per heavy atom. The summed E-state index contributed by atoms with van der Waals surface area (Å²) < 4.78 is 0.505. The van der Waals surface area contributed by atoms with Crippen molar-refractivity contribution in [1.29, 1.82) is 0 Å². The maximum atomic E-state index is 10.6. The van der Waals surface area contributed by atoms with Gasteiger partial charge in [-0.2, -0.15) is 0 Å². The van der Waals surface area contributed by atoms with Gasteiger partial charge in [0.25, 0.3) is 0 Å². The molecule has 3 N–H and O–H groups in total. The number of hydrogen-bond donors (Lipinski definition) is 2. The first kappa shape index (κ1) is 8.99. The number of pyridine rings is 1. The Balaban J connectivity index is 3.33. The second-order valence-electron chi connectivity index (χ2n) is 2.29. The average molecular weight is 231 g/mol. The third kappa shape index (κ3) is 1.55. The van der Waals surface area contributed by atoms with Gasteiger partial charge in [-0.1, -0.05) is 0 Å². The van der Waals surface area contributed by atoms with Crippen LogP contribution in [0.15, 0.2) is 10.5 Å². The summed E-state index contributed by atoms with van der Waals surface area (Å²) in [4.78, 5) is 14.4. The van der Waals surface area contributed by atoms with E-state index in [2.05, 4.69) is 20.9 Å². The molecule has 0 spiro atoms. The largest absolute Gasteiger partial charge is 0.478 e. The van der Waals surface area contributed by atoms with E-state index >= 15 is 0 Å². The van der Waals surface area contributed by atoms with Crippen LogP contribution < -0.4 is 5.73 Å². The highest BCUT2D eigenvalue weighted by molar-refractivity contribution is 9.10. The molecule has 1 aromatic rings. The standard InChI is InChI=1S/C7H7BrN2O2/c1-3-4(7(11)12)2-5(8)6(9)10-3/h2H,1H3,(H2,9,10)(H,11,12). The lowest BCUT2D eigenvalue weighted by Gasteiger charge is -2.02. The number of nitrogens with zero attached hydrogens (tertiary/aromatic N) is 1. The van der Waals surface area contributed by atoms with Crippen molar-refractivity contribution < 1.29 is 9.90 Å². The second kappa shape index (κ2) is 3.10. The summed E-state index contributed by atoms with van der Waals surface area (Å²) in [6.07, 6.45) is 0. The first-order valence-electron chi connectivity index (χ1n) is 3.18. The maximum absolute atomic E-state index is 10.6. The summed E-state index contributed by atoms with van der Waals surface area (Å²) in [5.74, 6) is -0.696. The van der Waals surface area contributed by atoms with Crippen molar-refractivity contribution in [2.24, 2.45) is 0 Å². The highest BCUT2D eigenvalue weighted by atomic mass is 79.9. The monoisotopic (exact) mass is 230 g/mol. The Morgan fingerprint density at radius 3 is 2.83 bits per heavy atom. The summed E-state index contributed by atoms with van der Waals surface area (Å²) in [6, 6.07) is 1.44. The minimum Gasteiger partial charge on any atom is -0.478 e. The number of hydrogen-bond acceptors (Lipinski definition) is 3. The Kier molecular flexibility index (Phi) is 2.32. The Hall–Kier alpha value is -1.10. The van der Waals surface area contributed by atoms with Gasteiger partial charge in [0, 0.05) is 0 Å². The number of carboxylic acids is 1. The van der Waals surface area contributed by atoms with Crippen LogP contribution in [0.5, 0.6) is 0 Å². The predicted octanol–water partition coefficient (Wildman–Crippen LogP) is 1.43. The molecule has 0 saturated heterocycles. The van der Waals surface area contributed by atoms with Crippen LogP contribution in [-0.4, -0.2) is 16.1 Å². The van der Waals surface area contributed by atoms with Crippen LogP contribution in [0.3, 0.4) is 0 Å². The van der Waals surface area contributed by atoms with Gasteiger partial charge in [-0.15, -0.1) is 0 Å². The summed E-state index contributed by atoms with van der Waals surface area (Å²) in [5.41, 5.74) is 6.02. The highest BCUT2D eigenvalue weighted by Gasteiger charge is 2.10. The van der Waals surface area contributed by atoms with Crippen molar-refractivity contribution in [2.45, 2.75) is 6.92 Å². The molecule has 1 rings (SSSR count). The quantitative estimate of drug-likeness (QED) is 0.766. The van der Waals surface area contributed by atoms with Crippen molar-refractivity contribution >= 4 is 27.7 Å². The van der Waals surface area contributed by atoms with Crippen LogP contribution in [-0.2, 0) is 0 Å². The van der Waals surface area contributed by atoms with E-state index < -0.39 is 5.97 Å². The van der Waals surface area contributed by atoms with Gasteiger partial charge in [0.2, 0.25) is 0 Å². The fourth-order valence-electron chi connectivity index (χ4n) is 0.816. The van der Waals surface area contributed by atoms with E-state index in [-0.39, 0.29) is 5.56 Å². The third-order valence-corrected chi connectivity index (χ3v) is 2.06. The molecule has 1 aromatic heterocycles. The molecule has 4 nitrogen and oxygen atoms in total. The average Bonchev–Trinajstić information content (AvgIpc) is 1.96. The molecule has 0 saturated carbocycles. The SMILES string of the molecule is Cc1nc(N)c(Br)cc1C(=O)O. The van der Waals surface area contributed by atoms with Crippen molar-refractivity contribution in [1.82, 2.24) is 4.98 Å². The molecule has 0 aliphatic carbocycles. The molecule has 0 aliphatic rings. The number of aromatic carboxylic acids is 1. The first-order chi connectivity index (χ1) is 5.52. The second-order valence-corrected chi connectivity index (χ2v) is 3.15. The van der Waals surface area contributed by atoms with Crippen LogP contribution in [0.2, 0.25) is 0 Å². The number of aromatic nitrogens is 1. The zero-order valence-corrected chi connectivity index (χ0v) is 7.92. The summed E-state index contributed by atoms with van der Waals surface area (Å²) in [5, 5.41) is 8.68. The number of nitrogen functional groups attached to an aromatic ring is 1. The maximum Gasteiger partial charge on any atom is 0.337 e. The number of nitrogens with two attached hydrogens (primary N) is 1. The summed E-state index contributed by atoms with van der Waals surface area (Å²) in [6.45, 7) is 1.60. The van der Waals surface area contributed by atoms with Crippen LogP contribution in [0, 0.1) is 6.92 Å². The molecule has 64 valence electrons. The topological polar surface area (TPSA) is 76.2 Å². The van der Waals surface area contributed by atoms with E-state index in [1.165, 1.54) is 6.07 Å². The molecule has 0 bridgehead atoms. The molecule has 1 heterocycles. The third-order valence-electron chi connectivity index (χ3n) is 1.42. The zero-order chi connectivity index (χ0) is 9.30.